The fourth-order valence-corrected chi connectivity index (χ4v) is 2.74. The largest absolute Gasteiger partial charge is 0.598 e. The van der Waals surface area contributed by atoms with Crippen LogP contribution < -0.4 is 15.2 Å². The normalized spacial score (nSPS) is 14.7. The van der Waals surface area contributed by atoms with Crippen LogP contribution in [0.1, 0.15) is 37.9 Å². The van der Waals surface area contributed by atoms with Gasteiger partial charge in [0.2, 0.25) is 0 Å². The van der Waals surface area contributed by atoms with Gasteiger partial charge in [0, 0.05) is 35.6 Å². The van der Waals surface area contributed by atoms with Crippen LogP contribution >= 0.6 is 11.6 Å². The minimum atomic E-state index is -1.25. The van der Waals surface area contributed by atoms with Crippen molar-refractivity contribution in [2.24, 2.45) is 5.73 Å². The van der Waals surface area contributed by atoms with Gasteiger partial charge in [0.05, 0.1) is 6.04 Å². The second-order valence-corrected chi connectivity index (χ2v) is 8.38. The van der Waals surface area contributed by atoms with Gasteiger partial charge in [-0.05, 0) is 45.4 Å². The topological polar surface area (TPSA) is 79.6 Å². The van der Waals surface area contributed by atoms with E-state index < -0.39 is 16.1 Å². The lowest BCUT2D eigenvalue weighted by Crippen LogP contribution is -2.43. The Hall–Kier alpha value is -0.500. The molecule has 0 heterocycles. The average molecular weight is 349 g/mol. The Balaban J connectivity index is 3.11. The lowest BCUT2D eigenvalue weighted by atomic mass is 10.0. The molecule has 0 aliphatic rings. The Morgan fingerprint density at radius 1 is 1.41 bits per heavy atom. The van der Waals surface area contributed by atoms with Crippen molar-refractivity contribution in [1.29, 1.82) is 0 Å². The van der Waals surface area contributed by atoms with Crippen LogP contribution in [0, 0.1) is 6.92 Å². The summed E-state index contributed by atoms with van der Waals surface area (Å²) in [6.07, 6.45) is 0. The van der Waals surface area contributed by atoms with Gasteiger partial charge < -0.3 is 19.8 Å². The van der Waals surface area contributed by atoms with Crippen molar-refractivity contribution in [3.63, 3.8) is 0 Å². The SMILES string of the molecule is COCOc1cc(C)c(Cl)cc1C(CN)N[S@@+]([O-])C(C)(C)C. The minimum absolute atomic E-state index is 0.119. The van der Waals surface area contributed by atoms with E-state index in [2.05, 4.69) is 4.72 Å². The number of methoxy groups -OCH3 is 1. The lowest BCUT2D eigenvalue weighted by Gasteiger charge is -2.28. The summed E-state index contributed by atoms with van der Waals surface area (Å²) in [5, 5.41) is 0.613. The van der Waals surface area contributed by atoms with Gasteiger partial charge in [-0.15, -0.1) is 4.72 Å². The number of benzene rings is 1. The van der Waals surface area contributed by atoms with E-state index in [1.807, 2.05) is 33.8 Å². The van der Waals surface area contributed by atoms with Gasteiger partial charge in [-0.3, -0.25) is 0 Å². The number of hydrogen-bond donors (Lipinski definition) is 2. The average Bonchev–Trinajstić information content (AvgIpc) is 2.44. The maximum absolute atomic E-state index is 12.3. The summed E-state index contributed by atoms with van der Waals surface area (Å²) in [5.74, 6) is 0.623. The van der Waals surface area contributed by atoms with Crippen molar-refractivity contribution in [1.82, 2.24) is 4.72 Å². The van der Waals surface area contributed by atoms with Crippen LogP contribution in [0.5, 0.6) is 5.75 Å². The molecule has 1 aromatic rings. The van der Waals surface area contributed by atoms with Crippen molar-refractivity contribution in [2.45, 2.75) is 38.5 Å². The van der Waals surface area contributed by atoms with Gasteiger partial charge in [-0.1, -0.05) is 11.6 Å². The Morgan fingerprint density at radius 3 is 2.55 bits per heavy atom. The predicted molar refractivity (Wildman–Crippen MR) is 91.5 cm³/mol. The molecule has 3 N–H and O–H groups in total. The van der Waals surface area contributed by atoms with Crippen LogP contribution in [-0.2, 0) is 16.1 Å². The first-order chi connectivity index (χ1) is 10.2. The van der Waals surface area contributed by atoms with E-state index in [-0.39, 0.29) is 19.4 Å². The van der Waals surface area contributed by atoms with Crippen LogP contribution in [-0.4, -0.2) is 29.7 Å². The molecule has 0 fully saturated rings. The van der Waals surface area contributed by atoms with Crippen LogP contribution in [0.4, 0.5) is 0 Å². The molecule has 1 unspecified atom stereocenters. The molecule has 1 aromatic carbocycles. The van der Waals surface area contributed by atoms with Gasteiger partial charge >= 0.3 is 0 Å². The third kappa shape index (κ3) is 5.30. The summed E-state index contributed by atoms with van der Waals surface area (Å²) >= 11 is 4.96. The number of nitrogens with one attached hydrogen (secondary N) is 1. The van der Waals surface area contributed by atoms with Crippen molar-refractivity contribution >= 4 is 23.0 Å². The Kier molecular flexibility index (Phi) is 7.45. The highest BCUT2D eigenvalue weighted by molar-refractivity contribution is 7.90. The maximum atomic E-state index is 12.3. The fraction of sp³-hybridized carbons (Fsp3) is 0.600. The lowest BCUT2D eigenvalue weighted by molar-refractivity contribution is 0.0501. The highest BCUT2D eigenvalue weighted by Crippen LogP contribution is 2.32. The molecule has 0 aromatic heterocycles. The molecule has 0 radical (unpaired) electrons. The summed E-state index contributed by atoms with van der Waals surface area (Å²) in [6.45, 7) is 7.97. The van der Waals surface area contributed by atoms with E-state index in [9.17, 15) is 4.55 Å². The van der Waals surface area contributed by atoms with Crippen LogP contribution in [0.25, 0.3) is 0 Å². The molecule has 0 saturated carbocycles. The Morgan fingerprint density at radius 2 is 2.05 bits per heavy atom. The molecule has 0 bridgehead atoms. The summed E-state index contributed by atoms with van der Waals surface area (Å²) < 4.78 is 25.5. The van der Waals surface area contributed by atoms with E-state index in [0.29, 0.717) is 10.8 Å². The second-order valence-electron chi connectivity index (χ2n) is 5.98. The summed E-state index contributed by atoms with van der Waals surface area (Å²) in [5.41, 5.74) is 7.52. The van der Waals surface area contributed by atoms with Crippen molar-refractivity contribution in [3.05, 3.63) is 28.3 Å². The van der Waals surface area contributed by atoms with Gasteiger partial charge in [0.25, 0.3) is 0 Å². The number of halogens is 1. The van der Waals surface area contributed by atoms with Gasteiger partial charge in [0.1, 0.15) is 10.5 Å². The number of nitrogens with two attached hydrogens (primary N) is 1. The number of ether oxygens (including phenoxy) is 2. The van der Waals surface area contributed by atoms with E-state index in [4.69, 9.17) is 26.8 Å². The Labute approximate surface area is 140 Å². The molecule has 7 heteroatoms. The molecule has 0 amide bonds. The third-order valence-corrected chi connectivity index (χ3v) is 5.06. The highest BCUT2D eigenvalue weighted by Gasteiger charge is 2.30. The number of aryl methyl sites for hydroxylation is 1. The van der Waals surface area contributed by atoms with E-state index >= 15 is 0 Å². The quantitative estimate of drug-likeness (QED) is 0.585. The predicted octanol–water partition coefficient (Wildman–Crippen LogP) is 2.68. The van der Waals surface area contributed by atoms with Gasteiger partial charge in [0.15, 0.2) is 6.79 Å². The molecule has 126 valence electrons. The van der Waals surface area contributed by atoms with E-state index in [1.54, 1.807) is 13.2 Å². The van der Waals surface area contributed by atoms with Crippen molar-refractivity contribution in [2.75, 3.05) is 20.4 Å². The molecule has 2 atom stereocenters. The number of hydrogen-bond acceptors (Lipinski definition) is 5. The molecule has 0 saturated heterocycles. The molecule has 0 spiro atoms. The van der Waals surface area contributed by atoms with Gasteiger partial charge in [-0.2, -0.15) is 0 Å². The highest BCUT2D eigenvalue weighted by atomic mass is 35.5. The fourth-order valence-electron chi connectivity index (χ4n) is 1.73. The van der Waals surface area contributed by atoms with Gasteiger partial charge in [-0.25, -0.2) is 0 Å². The van der Waals surface area contributed by atoms with Crippen LogP contribution in [0.2, 0.25) is 5.02 Å². The first-order valence-corrected chi connectivity index (χ1v) is 8.53. The minimum Gasteiger partial charge on any atom is -0.598 e. The first kappa shape index (κ1) is 19.5. The zero-order chi connectivity index (χ0) is 16.9. The standard InChI is InChI=1S/C15H25ClN2O3S/c1-10-6-14(21-9-20-5)11(7-12(10)16)13(8-17)18-22(19)15(2,3)4/h6-7,13,18H,8-9,17H2,1-5H3/t13?,22-/m0/s1. The van der Waals surface area contributed by atoms with E-state index in [1.165, 1.54) is 0 Å². The molecule has 22 heavy (non-hydrogen) atoms. The molecule has 0 aliphatic heterocycles. The monoisotopic (exact) mass is 348 g/mol. The summed E-state index contributed by atoms with van der Waals surface area (Å²) in [6, 6.07) is 3.30. The van der Waals surface area contributed by atoms with E-state index in [0.717, 1.165) is 11.1 Å². The van der Waals surface area contributed by atoms with Crippen LogP contribution in [0.3, 0.4) is 0 Å². The molecule has 0 aliphatic carbocycles. The maximum Gasteiger partial charge on any atom is 0.188 e. The Bertz CT molecular complexity index is 494. The zero-order valence-electron chi connectivity index (χ0n) is 13.7. The molecule has 5 nitrogen and oxygen atoms in total. The van der Waals surface area contributed by atoms with Crippen molar-refractivity contribution in [3.8, 4) is 5.75 Å². The molecular weight excluding hydrogens is 324 g/mol. The number of rotatable bonds is 7. The van der Waals surface area contributed by atoms with Crippen molar-refractivity contribution < 1.29 is 14.0 Å². The van der Waals surface area contributed by atoms with Crippen LogP contribution in [0.15, 0.2) is 12.1 Å². The zero-order valence-corrected chi connectivity index (χ0v) is 15.3. The third-order valence-electron chi connectivity index (χ3n) is 3.04. The molecule has 1 rings (SSSR count). The summed E-state index contributed by atoms with van der Waals surface area (Å²) in [4.78, 5) is 0. The summed E-state index contributed by atoms with van der Waals surface area (Å²) in [7, 11) is 1.55. The molecular formula is C15H25ClN2O3S. The first-order valence-electron chi connectivity index (χ1n) is 7.00. The second kappa shape index (κ2) is 8.38. The smallest absolute Gasteiger partial charge is 0.188 e.